The fraction of sp³-hybridized carbons (Fsp3) is 0.529. The molecule has 0 radical (unpaired) electrons. The lowest BCUT2D eigenvalue weighted by atomic mass is 10.2. The Kier molecular flexibility index (Phi) is 6.52. The van der Waals surface area contributed by atoms with Crippen LogP contribution in [0.25, 0.3) is 0 Å². The van der Waals surface area contributed by atoms with Gasteiger partial charge in [-0.25, -0.2) is 4.39 Å². The highest BCUT2D eigenvalue weighted by Crippen LogP contribution is 2.27. The van der Waals surface area contributed by atoms with Crippen molar-refractivity contribution in [3.8, 4) is 0 Å². The molecule has 2 amide bonds. The lowest BCUT2D eigenvalue weighted by Crippen LogP contribution is -2.44. The van der Waals surface area contributed by atoms with Gasteiger partial charge in [0.1, 0.15) is 5.82 Å². The summed E-state index contributed by atoms with van der Waals surface area (Å²) in [6.45, 7) is 3.86. The molecule has 1 aromatic rings. The van der Waals surface area contributed by atoms with Gasteiger partial charge in [0.05, 0.1) is 13.1 Å². The summed E-state index contributed by atoms with van der Waals surface area (Å²) in [5.74, 6) is 0.134. The summed E-state index contributed by atoms with van der Waals surface area (Å²) in [6.07, 6.45) is 2.48. The molecule has 1 saturated carbocycles. The molecule has 0 spiro atoms. The molecular weight excluding hydrogens is 297 g/mol. The van der Waals surface area contributed by atoms with E-state index >= 15 is 0 Å². The Bertz CT molecular complexity index is 529. The summed E-state index contributed by atoms with van der Waals surface area (Å²) < 4.78 is 12.8. The zero-order chi connectivity index (χ0) is 16.7. The van der Waals surface area contributed by atoms with Gasteiger partial charge in [-0.2, -0.15) is 0 Å². The fourth-order valence-corrected chi connectivity index (χ4v) is 2.23. The van der Waals surface area contributed by atoms with Crippen LogP contribution in [-0.4, -0.2) is 42.9 Å². The van der Waals surface area contributed by atoms with Gasteiger partial charge in [0, 0.05) is 13.1 Å². The van der Waals surface area contributed by atoms with E-state index in [0.717, 1.165) is 18.0 Å². The van der Waals surface area contributed by atoms with Crippen molar-refractivity contribution in [2.24, 2.45) is 5.92 Å². The number of nitrogens with zero attached hydrogens (tertiary/aromatic N) is 1. The van der Waals surface area contributed by atoms with E-state index in [4.69, 9.17) is 0 Å². The van der Waals surface area contributed by atoms with Gasteiger partial charge in [-0.1, -0.05) is 12.1 Å². The Balaban J connectivity index is 1.69. The summed E-state index contributed by atoms with van der Waals surface area (Å²) >= 11 is 0. The van der Waals surface area contributed by atoms with Crippen molar-refractivity contribution in [3.05, 3.63) is 35.6 Å². The van der Waals surface area contributed by atoms with E-state index < -0.39 is 0 Å². The molecule has 0 aromatic heterocycles. The van der Waals surface area contributed by atoms with Crippen molar-refractivity contribution in [3.63, 3.8) is 0 Å². The smallest absolute Gasteiger partial charge is 0.239 e. The van der Waals surface area contributed by atoms with Crippen LogP contribution >= 0.6 is 0 Å². The molecule has 23 heavy (non-hydrogen) atoms. The number of hydrogen-bond acceptors (Lipinski definition) is 3. The highest BCUT2D eigenvalue weighted by molar-refractivity contribution is 5.85. The summed E-state index contributed by atoms with van der Waals surface area (Å²) in [7, 11) is 0. The second-order valence-electron chi connectivity index (χ2n) is 5.89. The van der Waals surface area contributed by atoms with Crippen molar-refractivity contribution in [2.45, 2.75) is 26.3 Å². The maximum Gasteiger partial charge on any atom is 0.239 e. The van der Waals surface area contributed by atoms with Crippen molar-refractivity contribution >= 4 is 11.8 Å². The minimum Gasteiger partial charge on any atom is -0.350 e. The first kappa shape index (κ1) is 17.4. The molecule has 0 bridgehead atoms. The van der Waals surface area contributed by atoms with E-state index in [0.29, 0.717) is 13.1 Å². The number of carbonyl (C=O) groups is 2. The molecular formula is C17H24FN3O2. The molecule has 1 aliphatic carbocycles. The molecule has 2 N–H and O–H groups in total. The van der Waals surface area contributed by atoms with Crippen LogP contribution in [0.15, 0.2) is 24.3 Å². The SMILES string of the molecule is CCN(CC(=O)NCc1ccc(F)cc1)C(=O)CNCC1CC1. The molecule has 5 nitrogen and oxygen atoms in total. The van der Waals surface area contributed by atoms with Crippen molar-refractivity contribution in [1.29, 1.82) is 0 Å². The molecule has 1 fully saturated rings. The fourth-order valence-electron chi connectivity index (χ4n) is 2.23. The number of benzene rings is 1. The second kappa shape index (κ2) is 8.62. The lowest BCUT2D eigenvalue weighted by Gasteiger charge is -2.20. The Morgan fingerprint density at radius 1 is 1.26 bits per heavy atom. The summed E-state index contributed by atoms with van der Waals surface area (Å²) in [5.41, 5.74) is 0.820. The lowest BCUT2D eigenvalue weighted by molar-refractivity contribution is -0.135. The summed E-state index contributed by atoms with van der Waals surface area (Å²) in [5, 5.41) is 5.89. The van der Waals surface area contributed by atoms with E-state index in [1.807, 2.05) is 6.92 Å². The van der Waals surface area contributed by atoms with Crippen molar-refractivity contribution < 1.29 is 14.0 Å². The van der Waals surface area contributed by atoms with Gasteiger partial charge in [0.2, 0.25) is 11.8 Å². The Labute approximate surface area is 136 Å². The van der Waals surface area contributed by atoms with Gasteiger partial charge in [-0.05, 0) is 49.9 Å². The predicted octanol–water partition coefficient (Wildman–Crippen LogP) is 1.29. The molecule has 126 valence electrons. The van der Waals surface area contributed by atoms with Gasteiger partial charge in [-0.3, -0.25) is 9.59 Å². The largest absolute Gasteiger partial charge is 0.350 e. The van der Waals surface area contributed by atoms with E-state index in [1.54, 1.807) is 12.1 Å². The van der Waals surface area contributed by atoms with Gasteiger partial charge in [0.25, 0.3) is 0 Å². The average molecular weight is 321 g/mol. The minimum atomic E-state index is -0.304. The highest BCUT2D eigenvalue weighted by Gasteiger charge is 2.21. The molecule has 1 aliphatic rings. The van der Waals surface area contributed by atoms with Crippen molar-refractivity contribution in [1.82, 2.24) is 15.5 Å². The van der Waals surface area contributed by atoms with Crippen LogP contribution in [-0.2, 0) is 16.1 Å². The predicted molar refractivity (Wildman–Crippen MR) is 86.1 cm³/mol. The molecule has 0 heterocycles. The topological polar surface area (TPSA) is 61.4 Å². The monoisotopic (exact) mass is 321 g/mol. The first-order chi connectivity index (χ1) is 11.1. The highest BCUT2D eigenvalue weighted by atomic mass is 19.1. The van der Waals surface area contributed by atoms with Gasteiger partial charge >= 0.3 is 0 Å². The van der Waals surface area contributed by atoms with Crippen LogP contribution in [0.3, 0.4) is 0 Å². The molecule has 0 atom stereocenters. The number of nitrogens with one attached hydrogen (secondary N) is 2. The first-order valence-corrected chi connectivity index (χ1v) is 8.08. The van der Waals surface area contributed by atoms with E-state index in [1.165, 1.54) is 29.9 Å². The third kappa shape index (κ3) is 6.36. The van der Waals surface area contributed by atoms with E-state index in [-0.39, 0.29) is 30.7 Å². The van der Waals surface area contributed by atoms with Crippen LogP contribution < -0.4 is 10.6 Å². The Morgan fingerprint density at radius 2 is 1.96 bits per heavy atom. The maximum atomic E-state index is 12.8. The number of hydrogen-bond donors (Lipinski definition) is 2. The summed E-state index contributed by atoms with van der Waals surface area (Å²) in [6, 6.07) is 5.96. The molecule has 0 saturated heterocycles. The van der Waals surface area contributed by atoms with E-state index in [2.05, 4.69) is 10.6 Å². The van der Waals surface area contributed by atoms with Gasteiger partial charge in [-0.15, -0.1) is 0 Å². The first-order valence-electron chi connectivity index (χ1n) is 8.08. The number of likely N-dealkylation sites (N-methyl/N-ethyl adjacent to an activating group) is 1. The quantitative estimate of drug-likeness (QED) is 0.720. The number of halogens is 1. The second-order valence-corrected chi connectivity index (χ2v) is 5.89. The number of rotatable bonds is 9. The number of amides is 2. The molecule has 2 rings (SSSR count). The normalized spacial score (nSPS) is 13.7. The third-order valence-electron chi connectivity index (χ3n) is 3.88. The standard InChI is InChI=1S/C17H24FN3O2/c1-2-21(17(23)11-19-9-13-3-4-13)12-16(22)20-10-14-5-7-15(18)8-6-14/h5-8,13,19H,2-4,9-12H2,1H3,(H,20,22). The summed E-state index contributed by atoms with van der Waals surface area (Å²) in [4.78, 5) is 25.5. The van der Waals surface area contributed by atoms with Crippen LogP contribution in [0.1, 0.15) is 25.3 Å². The van der Waals surface area contributed by atoms with Crippen molar-refractivity contribution in [2.75, 3.05) is 26.2 Å². The van der Waals surface area contributed by atoms with Crippen LogP contribution in [0.5, 0.6) is 0 Å². The molecule has 1 aromatic carbocycles. The third-order valence-corrected chi connectivity index (χ3v) is 3.88. The number of carbonyl (C=O) groups excluding carboxylic acids is 2. The molecule has 0 unspecified atom stereocenters. The van der Waals surface area contributed by atoms with Gasteiger partial charge in [0.15, 0.2) is 0 Å². The molecule has 6 heteroatoms. The minimum absolute atomic E-state index is 0.0433. The van der Waals surface area contributed by atoms with Crippen LogP contribution in [0.4, 0.5) is 4.39 Å². The zero-order valence-electron chi connectivity index (χ0n) is 13.5. The zero-order valence-corrected chi connectivity index (χ0v) is 13.5. The maximum absolute atomic E-state index is 12.8. The van der Waals surface area contributed by atoms with Crippen LogP contribution in [0.2, 0.25) is 0 Å². The van der Waals surface area contributed by atoms with E-state index in [9.17, 15) is 14.0 Å². The average Bonchev–Trinajstić information content (AvgIpc) is 3.36. The van der Waals surface area contributed by atoms with Gasteiger partial charge < -0.3 is 15.5 Å². The molecule has 0 aliphatic heterocycles. The van der Waals surface area contributed by atoms with Crippen LogP contribution in [0, 0.1) is 11.7 Å². The Hall–Kier alpha value is -1.95. The Morgan fingerprint density at radius 3 is 2.57 bits per heavy atom.